The van der Waals surface area contributed by atoms with Crippen molar-refractivity contribution in [1.82, 2.24) is 10.2 Å². The monoisotopic (exact) mass is 327 g/mol. The van der Waals surface area contributed by atoms with E-state index in [-0.39, 0.29) is 18.4 Å². The fourth-order valence-electron chi connectivity index (χ4n) is 1.61. The smallest absolute Gasteiger partial charge is 0.254 e. The number of halogens is 1. The zero-order chi connectivity index (χ0) is 14.4. The summed E-state index contributed by atoms with van der Waals surface area (Å²) in [4.78, 5) is 25.3. The third-order valence-electron chi connectivity index (χ3n) is 2.62. The second kappa shape index (κ2) is 7.13. The molecule has 104 valence electrons. The number of rotatable bonds is 5. The van der Waals surface area contributed by atoms with Gasteiger partial charge in [-0.2, -0.15) is 0 Å². The predicted octanol–water partition coefficient (Wildman–Crippen LogP) is 1.63. The summed E-state index contributed by atoms with van der Waals surface area (Å²) in [6, 6.07) is 5.01. The van der Waals surface area contributed by atoms with E-state index in [1.165, 1.54) is 4.90 Å². The summed E-state index contributed by atoms with van der Waals surface area (Å²) in [5.74, 6) is -0.365. The number of nitrogens with zero attached hydrogens (tertiary/aromatic N) is 1. The number of carbonyl (C=O) groups excluding carboxylic acids is 2. The zero-order valence-electron chi connectivity index (χ0n) is 11.1. The molecule has 0 aliphatic heterocycles. The van der Waals surface area contributed by atoms with E-state index < -0.39 is 0 Å². The molecule has 2 amide bonds. The van der Waals surface area contributed by atoms with Gasteiger partial charge in [0, 0.05) is 28.8 Å². The molecule has 0 saturated heterocycles. The number of hydrogen-bond donors (Lipinski definition) is 2. The van der Waals surface area contributed by atoms with Crippen molar-refractivity contribution in [2.75, 3.05) is 25.4 Å². The second-order valence-electron chi connectivity index (χ2n) is 4.01. The van der Waals surface area contributed by atoms with Gasteiger partial charge < -0.3 is 16.0 Å². The topological polar surface area (TPSA) is 75.4 Å². The summed E-state index contributed by atoms with van der Waals surface area (Å²) in [5.41, 5.74) is 6.73. The van der Waals surface area contributed by atoms with E-state index in [0.29, 0.717) is 24.3 Å². The molecule has 1 aromatic rings. The van der Waals surface area contributed by atoms with Crippen molar-refractivity contribution >= 4 is 33.4 Å². The van der Waals surface area contributed by atoms with E-state index >= 15 is 0 Å². The molecule has 1 rings (SSSR count). The van der Waals surface area contributed by atoms with E-state index in [4.69, 9.17) is 5.73 Å². The zero-order valence-corrected chi connectivity index (χ0v) is 12.7. The molecule has 0 radical (unpaired) electrons. The molecule has 3 N–H and O–H groups in total. The van der Waals surface area contributed by atoms with E-state index in [9.17, 15) is 9.59 Å². The van der Waals surface area contributed by atoms with E-state index in [1.807, 2.05) is 13.8 Å². The van der Waals surface area contributed by atoms with Crippen LogP contribution in [0.5, 0.6) is 0 Å². The number of anilines is 1. The standard InChI is InChI=1S/C13H18BrN3O2/c1-3-16-12(18)8-17(4-2)13(19)9-5-6-10(14)11(15)7-9/h5-7H,3-4,8,15H2,1-2H3,(H,16,18). The minimum absolute atomic E-state index is 0.0547. The van der Waals surface area contributed by atoms with Gasteiger partial charge >= 0.3 is 0 Å². The number of nitrogen functional groups attached to an aromatic ring is 1. The van der Waals surface area contributed by atoms with Gasteiger partial charge in [0.1, 0.15) is 0 Å². The molecule has 0 atom stereocenters. The van der Waals surface area contributed by atoms with Crippen LogP contribution in [-0.4, -0.2) is 36.3 Å². The highest BCUT2D eigenvalue weighted by atomic mass is 79.9. The normalized spacial score (nSPS) is 10.1. The molecule has 0 bridgehead atoms. The molecule has 0 saturated carbocycles. The first kappa shape index (κ1) is 15.5. The van der Waals surface area contributed by atoms with E-state index in [0.717, 1.165) is 4.47 Å². The number of benzene rings is 1. The first-order valence-electron chi connectivity index (χ1n) is 6.10. The fourth-order valence-corrected chi connectivity index (χ4v) is 1.86. The molecule has 6 heteroatoms. The molecule has 5 nitrogen and oxygen atoms in total. The molecule has 1 aromatic carbocycles. The third-order valence-corrected chi connectivity index (χ3v) is 3.34. The number of amides is 2. The summed E-state index contributed by atoms with van der Waals surface area (Å²) < 4.78 is 0.746. The average molecular weight is 328 g/mol. The lowest BCUT2D eigenvalue weighted by molar-refractivity contribution is -0.121. The Labute approximate surface area is 121 Å². The molecule has 19 heavy (non-hydrogen) atoms. The van der Waals surface area contributed by atoms with Crippen LogP contribution in [0.2, 0.25) is 0 Å². The van der Waals surface area contributed by atoms with E-state index in [2.05, 4.69) is 21.2 Å². The largest absolute Gasteiger partial charge is 0.398 e. The molecular weight excluding hydrogens is 310 g/mol. The first-order chi connectivity index (χ1) is 8.99. The van der Waals surface area contributed by atoms with E-state index in [1.54, 1.807) is 18.2 Å². The Morgan fingerprint density at radius 3 is 2.58 bits per heavy atom. The maximum Gasteiger partial charge on any atom is 0.254 e. The third kappa shape index (κ3) is 4.24. The Morgan fingerprint density at radius 2 is 2.05 bits per heavy atom. The highest BCUT2D eigenvalue weighted by Gasteiger charge is 2.17. The Bertz CT molecular complexity index is 477. The van der Waals surface area contributed by atoms with Crippen LogP contribution in [0.4, 0.5) is 5.69 Å². The van der Waals surface area contributed by atoms with Crippen LogP contribution in [-0.2, 0) is 4.79 Å². The average Bonchev–Trinajstić information content (AvgIpc) is 2.38. The molecule has 0 fully saturated rings. The lowest BCUT2D eigenvalue weighted by atomic mass is 10.1. The minimum atomic E-state index is -0.201. The van der Waals surface area contributed by atoms with Crippen molar-refractivity contribution in [1.29, 1.82) is 0 Å². The van der Waals surface area contributed by atoms with Gasteiger partial charge in [-0.3, -0.25) is 9.59 Å². The van der Waals surface area contributed by atoms with Crippen molar-refractivity contribution < 1.29 is 9.59 Å². The van der Waals surface area contributed by atoms with Gasteiger partial charge in [0.25, 0.3) is 5.91 Å². The summed E-state index contributed by atoms with van der Waals surface area (Å²) in [7, 11) is 0. The maximum absolute atomic E-state index is 12.3. The van der Waals surface area contributed by atoms with Gasteiger partial charge in [-0.05, 0) is 48.0 Å². The van der Waals surface area contributed by atoms with Crippen molar-refractivity contribution in [3.8, 4) is 0 Å². The minimum Gasteiger partial charge on any atom is -0.398 e. The molecular formula is C13H18BrN3O2. The summed E-state index contributed by atoms with van der Waals surface area (Å²) in [6.07, 6.45) is 0. The lowest BCUT2D eigenvalue weighted by Crippen LogP contribution is -2.40. The van der Waals surface area contributed by atoms with Crippen molar-refractivity contribution in [3.05, 3.63) is 28.2 Å². The Kier molecular flexibility index (Phi) is 5.82. The molecule has 0 heterocycles. The van der Waals surface area contributed by atoms with Crippen LogP contribution in [0.3, 0.4) is 0 Å². The fraction of sp³-hybridized carbons (Fsp3) is 0.385. The molecule has 0 aromatic heterocycles. The van der Waals surface area contributed by atoms with Gasteiger partial charge in [-0.25, -0.2) is 0 Å². The molecule has 0 aliphatic rings. The Balaban J connectivity index is 2.83. The second-order valence-corrected chi connectivity index (χ2v) is 4.86. The summed E-state index contributed by atoms with van der Waals surface area (Å²) in [6.45, 7) is 4.74. The first-order valence-corrected chi connectivity index (χ1v) is 6.89. The summed E-state index contributed by atoms with van der Waals surface area (Å²) in [5, 5.41) is 2.67. The Hall–Kier alpha value is -1.56. The number of hydrogen-bond acceptors (Lipinski definition) is 3. The predicted molar refractivity (Wildman–Crippen MR) is 78.8 cm³/mol. The molecule has 0 unspecified atom stereocenters. The quantitative estimate of drug-likeness (QED) is 0.807. The number of carbonyl (C=O) groups is 2. The van der Waals surface area contributed by atoms with Crippen LogP contribution >= 0.6 is 15.9 Å². The van der Waals surface area contributed by atoms with Gasteiger partial charge in [-0.15, -0.1) is 0 Å². The van der Waals surface area contributed by atoms with Crippen LogP contribution in [0.15, 0.2) is 22.7 Å². The van der Waals surface area contributed by atoms with Gasteiger partial charge in [0.2, 0.25) is 5.91 Å². The van der Waals surface area contributed by atoms with Crippen molar-refractivity contribution in [2.24, 2.45) is 0 Å². The van der Waals surface area contributed by atoms with Crippen LogP contribution < -0.4 is 11.1 Å². The molecule has 0 spiro atoms. The summed E-state index contributed by atoms with van der Waals surface area (Å²) >= 11 is 3.28. The van der Waals surface area contributed by atoms with Gasteiger partial charge in [0.15, 0.2) is 0 Å². The lowest BCUT2D eigenvalue weighted by Gasteiger charge is -2.20. The van der Waals surface area contributed by atoms with Crippen LogP contribution in [0.25, 0.3) is 0 Å². The Morgan fingerprint density at radius 1 is 1.37 bits per heavy atom. The van der Waals surface area contributed by atoms with Gasteiger partial charge in [-0.1, -0.05) is 0 Å². The number of nitrogens with two attached hydrogens (primary N) is 1. The number of likely N-dealkylation sites (N-methyl/N-ethyl adjacent to an activating group) is 2. The van der Waals surface area contributed by atoms with Crippen LogP contribution in [0, 0.1) is 0 Å². The SMILES string of the molecule is CCNC(=O)CN(CC)C(=O)c1ccc(Br)c(N)c1. The van der Waals surface area contributed by atoms with Crippen molar-refractivity contribution in [2.45, 2.75) is 13.8 Å². The van der Waals surface area contributed by atoms with Crippen LogP contribution in [0.1, 0.15) is 24.2 Å². The van der Waals surface area contributed by atoms with Crippen molar-refractivity contribution in [3.63, 3.8) is 0 Å². The molecule has 0 aliphatic carbocycles. The number of nitrogens with one attached hydrogen (secondary N) is 1. The highest BCUT2D eigenvalue weighted by Crippen LogP contribution is 2.21. The maximum atomic E-state index is 12.3. The highest BCUT2D eigenvalue weighted by molar-refractivity contribution is 9.10. The van der Waals surface area contributed by atoms with Gasteiger partial charge in [0.05, 0.1) is 6.54 Å².